The van der Waals surface area contributed by atoms with E-state index in [2.05, 4.69) is 12.2 Å². The van der Waals surface area contributed by atoms with Crippen molar-refractivity contribution < 1.29 is 4.42 Å². The van der Waals surface area contributed by atoms with Gasteiger partial charge in [-0.25, -0.2) is 0 Å². The molecule has 0 spiro atoms. The summed E-state index contributed by atoms with van der Waals surface area (Å²) in [5, 5.41) is 4.74. The number of hydrogen-bond donors (Lipinski definition) is 1. The Morgan fingerprint density at radius 2 is 2.00 bits per heavy atom. The van der Waals surface area contributed by atoms with Crippen molar-refractivity contribution in [1.29, 1.82) is 0 Å². The van der Waals surface area contributed by atoms with Gasteiger partial charge in [-0.2, -0.15) is 0 Å². The molecule has 1 aromatic heterocycles. The number of rotatable bonds is 5. The van der Waals surface area contributed by atoms with E-state index in [4.69, 9.17) is 27.6 Å². The van der Waals surface area contributed by atoms with Crippen LogP contribution in [0.2, 0.25) is 10.0 Å². The molecular weight excluding hydrogens is 281 g/mol. The van der Waals surface area contributed by atoms with Crippen LogP contribution < -0.4 is 5.32 Å². The Morgan fingerprint density at radius 1 is 1.21 bits per heavy atom. The van der Waals surface area contributed by atoms with E-state index >= 15 is 0 Å². The summed E-state index contributed by atoms with van der Waals surface area (Å²) in [4.78, 5) is 0. The summed E-state index contributed by atoms with van der Waals surface area (Å²) in [6, 6.07) is 9.44. The molecule has 0 bridgehead atoms. The molecule has 1 atom stereocenters. The normalized spacial score (nSPS) is 12.6. The highest BCUT2D eigenvalue weighted by Crippen LogP contribution is 2.31. The first kappa shape index (κ1) is 14.4. The summed E-state index contributed by atoms with van der Waals surface area (Å²) in [7, 11) is 0. The van der Waals surface area contributed by atoms with Crippen LogP contribution in [0.3, 0.4) is 0 Å². The number of furan rings is 1. The van der Waals surface area contributed by atoms with E-state index in [-0.39, 0.29) is 6.04 Å². The molecule has 0 amide bonds. The van der Waals surface area contributed by atoms with Crippen molar-refractivity contribution in [2.45, 2.75) is 26.3 Å². The van der Waals surface area contributed by atoms with Crippen molar-refractivity contribution in [3.8, 4) is 0 Å². The van der Waals surface area contributed by atoms with Crippen LogP contribution in [0.15, 0.2) is 34.7 Å². The first-order chi connectivity index (χ1) is 9.11. The highest BCUT2D eigenvalue weighted by molar-refractivity contribution is 6.35. The molecule has 1 N–H and O–H groups in total. The van der Waals surface area contributed by atoms with Gasteiger partial charge in [-0.05, 0) is 49.7 Å². The Bertz CT molecular complexity index is 551. The van der Waals surface area contributed by atoms with E-state index < -0.39 is 0 Å². The first-order valence-corrected chi connectivity index (χ1v) is 7.12. The lowest BCUT2D eigenvalue weighted by molar-refractivity contribution is 0.430. The molecule has 0 aliphatic rings. The van der Waals surface area contributed by atoms with Gasteiger partial charge in [0.2, 0.25) is 0 Å². The lowest BCUT2D eigenvalue weighted by Crippen LogP contribution is -2.23. The van der Waals surface area contributed by atoms with Crippen molar-refractivity contribution in [2.24, 2.45) is 0 Å². The quantitative estimate of drug-likeness (QED) is 0.841. The third-order valence-corrected chi connectivity index (χ3v) is 3.48. The van der Waals surface area contributed by atoms with Crippen LogP contribution >= 0.6 is 23.2 Å². The zero-order valence-electron chi connectivity index (χ0n) is 11.0. The van der Waals surface area contributed by atoms with Crippen LogP contribution in [0.1, 0.15) is 36.5 Å². The second-order valence-electron chi connectivity index (χ2n) is 4.50. The van der Waals surface area contributed by atoms with Crippen molar-refractivity contribution >= 4 is 23.2 Å². The summed E-state index contributed by atoms with van der Waals surface area (Å²) in [6.07, 6.45) is 1.04. The Labute approximate surface area is 123 Å². The fraction of sp³-hybridized carbons (Fsp3) is 0.333. The average Bonchev–Trinajstić information content (AvgIpc) is 2.78. The molecule has 0 aliphatic carbocycles. The zero-order valence-corrected chi connectivity index (χ0v) is 12.6. The van der Waals surface area contributed by atoms with Crippen LogP contribution in [-0.2, 0) is 0 Å². The van der Waals surface area contributed by atoms with Gasteiger partial charge in [-0.1, -0.05) is 36.2 Å². The van der Waals surface area contributed by atoms with Gasteiger partial charge >= 0.3 is 0 Å². The second kappa shape index (κ2) is 6.47. The minimum absolute atomic E-state index is 0.0431. The van der Waals surface area contributed by atoms with Gasteiger partial charge in [-0.3, -0.25) is 0 Å². The summed E-state index contributed by atoms with van der Waals surface area (Å²) in [5.74, 6) is 1.76. The zero-order chi connectivity index (χ0) is 13.8. The summed E-state index contributed by atoms with van der Waals surface area (Å²) >= 11 is 12.2. The molecule has 2 nitrogen and oxygen atoms in total. The molecule has 1 unspecified atom stereocenters. The molecule has 0 fully saturated rings. The molecule has 0 radical (unpaired) electrons. The third-order valence-electron chi connectivity index (χ3n) is 2.92. The Kier molecular flexibility index (Phi) is 4.92. The van der Waals surface area contributed by atoms with Gasteiger partial charge in [0.15, 0.2) is 0 Å². The third kappa shape index (κ3) is 3.53. The number of aryl methyl sites for hydroxylation is 1. The minimum atomic E-state index is -0.0431. The van der Waals surface area contributed by atoms with Gasteiger partial charge in [0, 0.05) is 10.0 Å². The van der Waals surface area contributed by atoms with Gasteiger partial charge in [0.25, 0.3) is 0 Å². The van der Waals surface area contributed by atoms with Crippen molar-refractivity contribution in [1.82, 2.24) is 5.32 Å². The molecule has 1 aromatic carbocycles. The number of halogens is 2. The molecular formula is C15H17Cl2NO. The van der Waals surface area contributed by atoms with Gasteiger partial charge in [0.05, 0.1) is 6.04 Å². The molecule has 4 heteroatoms. The predicted octanol–water partition coefficient (Wildman–Crippen LogP) is 4.98. The highest BCUT2D eigenvalue weighted by atomic mass is 35.5. The molecule has 0 saturated heterocycles. The van der Waals surface area contributed by atoms with E-state index in [9.17, 15) is 0 Å². The van der Waals surface area contributed by atoms with Crippen LogP contribution in [-0.4, -0.2) is 6.54 Å². The van der Waals surface area contributed by atoms with E-state index in [1.165, 1.54) is 0 Å². The number of hydrogen-bond acceptors (Lipinski definition) is 2. The van der Waals surface area contributed by atoms with E-state index in [0.717, 1.165) is 30.0 Å². The van der Waals surface area contributed by atoms with Gasteiger partial charge in [0.1, 0.15) is 11.5 Å². The Balaban J connectivity index is 2.36. The lowest BCUT2D eigenvalue weighted by Gasteiger charge is -2.18. The maximum Gasteiger partial charge on any atom is 0.125 e. The molecule has 0 aliphatic heterocycles. The van der Waals surface area contributed by atoms with E-state index in [0.29, 0.717) is 10.0 Å². The largest absolute Gasteiger partial charge is 0.464 e. The van der Waals surface area contributed by atoms with E-state index in [1.807, 2.05) is 31.2 Å². The standard InChI is InChI=1S/C15H17Cl2NO/c1-3-8-18-15(14-7-4-10(2)19-14)12-6-5-11(16)9-13(12)17/h4-7,9,15,18H,3,8H2,1-2H3. The van der Waals surface area contributed by atoms with Gasteiger partial charge in [-0.15, -0.1) is 0 Å². The lowest BCUT2D eigenvalue weighted by atomic mass is 10.0. The average molecular weight is 298 g/mol. The first-order valence-electron chi connectivity index (χ1n) is 6.36. The molecule has 102 valence electrons. The van der Waals surface area contributed by atoms with Crippen LogP contribution in [0.5, 0.6) is 0 Å². The molecule has 2 aromatic rings. The van der Waals surface area contributed by atoms with Crippen molar-refractivity contribution in [3.05, 3.63) is 57.5 Å². The molecule has 2 rings (SSSR count). The number of nitrogens with one attached hydrogen (secondary N) is 1. The van der Waals surface area contributed by atoms with Crippen LogP contribution in [0.4, 0.5) is 0 Å². The van der Waals surface area contributed by atoms with Crippen molar-refractivity contribution in [3.63, 3.8) is 0 Å². The predicted molar refractivity (Wildman–Crippen MR) is 80.0 cm³/mol. The highest BCUT2D eigenvalue weighted by Gasteiger charge is 2.19. The van der Waals surface area contributed by atoms with Crippen LogP contribution in [0, 0.1) is 6.92 Å². The smallest absolute Gasteiger partial charge is 0.125 e. The topological polar surface area (TPSA) is 25.2 Å². The summed E-state index contributed by atoms with van der Waals surface area (Å²) in [6.45, 7) is 4.95. The maximum atomic E-state index is 6.29. The Hall–Kier alpha value is -0.960. The SMILES string of the molecule is CCCNC(c1ccc(C)o1)c1ccc(Cl)cc1Cl. The minimum Gasteiger partial charge on any atom is -0.464 e. The molecule has 19 heavy (non-hydrogen) atoms. The van der Waals surface area contributed by atoms with Crippen LogP contribution in [0.25, 0.3) is 0 Å². The summed E-state index contributed by atoms with van der Waals surface area (Å²) < 4.78 is 5.73. The Morgan fingerprint density at radius 3 is 2.58 bits per heavy atom. The molecule has 0 saturated carbocycles. The summed E-state index contributed by atoms with van der Waals surface area (Å²) in [5.41, 5.74) is 0.980. The van der Waals surface area contributed by atoms with E-state index in [1.54, 1.807) is 6.07 Å². The monoisotopic (exact) mass is 297 g/mol. The fourth-order valence-electron chi connectivity index (χ4n) is 2.00. The van der Waals surface area contributed by atoms with Gasteiger partial charge < -0.3 is 9.73 Å². The molecule has 1 heterocycles. The number of benzene rings is 1. The maximum absolute atomic E-state index is 6.29. The second-order valence-corrected chi connectivity index (χ2v) is 5.35. The van der Waals surface area contributed by atoms with Crippen molar-refractivity contribution in [2.75, 3.05) is 6.54 Å². The fourth-order valence-corrected chi connectivity index (χ4v) is 2.51.